The molecule has 0 aliphatic heterocycles. The average Bonchev–Trinajstić information content (AvgIpc) is 2.07. The van der Waals surface area contributed by atoms with E-state index in [1.165, 1.54) is 19.3 Å². The van der Waals surface area contributed by atoms with Crippen molar-refractivity contribution in [1.82, 2.24) is 0 Å². The highest BCUT2D eigenvalue weighted by atomic mass is 14.3. The molecule has 0 bridgehead atoms. The molecular formula is C13H26B. The van der Waals surface area contributed by atoms with Gasteiger partial charge in [-0.25, -0.2) is 0 Å². The van der Waals surface area contributed by atoms with Gasteiger partial charge in [-0.2, -0.15) is 0 Å². The van der Waals surface area contributed by atoms with Crippen LogP contribution < -0.4 is 0 Å². The van der Waals surface area contributed by atoms with Crippen LogP contribution in [0.4, 0.5) is 0 Å². The second-order valence-electron chi connectivity index (χ2n) is 5.89. The molecule has 1 aliphatic rings. The molecule has 3 unspecified atom stereocenters. The highest BCUT2D eigenvalue weighted by molar-refractivity contribution is 6.39. The van der Waals surface area contributed by atoms with Gasteiger partial charge >= 0.3 is 0 Å². The first-order valence-corrected chi connectivity index (χ1v) is 6.35. The summed E-state index contributed by atoms with van der Waals surface area (Å²) < 4.78 is 0. The molecule has 1 saturated carbocycles. The lowest BCUT2D eigenvalue weighted by molar-refractivity contribution is 0.225. The zero-order chi connectivity index (χ0) is 10.7. The van der Waals surface area contributed by atoms with Gasteiger partial charge in [-0.1, -0.05) is 59.1 Å². The van der Waals surface area contributed by atoms with Gasteiger partial charge in [0.25, 0.3) is 0 Å². The molecule has 81 valence electrons. The van der Waals surface area contributed by atoms with Gasteiger partial charge in [-0.05, 0) is 24.2 Å². The van der Waals surface area contributed by atoms with Crippen LogP contribution in [0.3, 0.4) is 0 Å². The summed E-state index contributed by atoms with van der Waals surface area (Å²) in [7, 11) is 2.57. The number of hydrogen-bond donors (Lipinski definition) is 0. The number of rotatable bonds is 3. The summed E-state index contributed by atoms with van der Waals surface area (Å²) in [4.78, 5) is 0. The van der Waals surface area contributed by atoms with Crippen LogP contribution in [0.25, 0.3) is 0 Å². The zero-order valence-electron chi connectivity index (χ0n) is 10.6. The van der Waals surface area contributed by atoms with Crippen molar-refractivity contribution in [2.24, 2.45) is 17.8 Å². The van der Waals surface area contributed by atoms with E-state index in [9.17, 15) is 0 Å². The first-order valence-electron chi connectivity index (χ1n) is 6.35. The predicted octanol–water partition coefficient (Wildman–Crippen LogP) is 4.40. The van der Waals surface area contributed by atoms with Crippen molar-refractivity contribution in [2.75, 3.05) is 0 Å². The molecule has 0 aromatic rings. The molecule has 3 atom stereocenters. The fourth-order valence-electron chi connectivity index (χ4n) is 2.85. The minimum absolute atomic E-state index is 0.762. The summed E-state index contributed by atoms with van der Waals surface area (Å²) in [5, 5.41) is 0. The minimum atomic E-state index is 0.762. The van der Waals surface area contributed by atoms with Crippen LogP contribution in [0.5, 0.6) is 0 Å². The average molecular weight is 193 g/mol. The highest BCUT2D eigenvalue weighted by Crippen LogP contribution is 2.41. The Kier molecular flexibility index (Phi) is 4.54. The molecule has 0 aromatic heterocycles. The van der Waals surface area contributed by atoms with E-state index >= 15 is 0 Å². The maximum absolute atomic E-state index is 2.57. The Bertz CT molecular complexity index is 163. The smallest absolute Gasteiger partial charge is 0.0741 e. The molecule has 1 radical (unpaired) electrons. The van der Waals surface area contributed by atoms with Crippen LogP contribution in [0, 0.1) is 17.8 Å². The Morgan fingerprint density at radius 2 is 1.71 bits per heavy atom. The topological polar surface area (TPSA) is 0 Å². The van der Waals surface area contributed by atoms with Crippen molar-refractivity contribution in [1.29, 1.82) is 0 Å². The van der Waals surface area contributed by atoms with Crippen LogP contribution in [0.1, 0.15) is 53.9 Å². The van der Waals surface area contributed by atoms with Crippen molar-refractivity contribution < 1.29 is 0 Å². The molecule has 0 nitrogen and oxygen atoms in total. The lowest BCUT2D eigenvalue weighted by atomic mass is 9.48. The lowest BCUT2D eigenvalue weighted by Gasteiger charge is -2.36. The second kappa shape index (κ2) is 5.23. The van der Waals surface area contributed by atoms with Gasteiger partial charge in [0.1, 0.15) is 7.28 Å². The summed E-state index contributed by atoms with van der Waals surface area (Å²) >= 11 is 0. The van der Waals surface area contributed by atoms with Gasteiger partial charge in [0.2, 0.25) is 0 Å². The summed E-state index contributed by atoms with van der Waals surface area (Å²) in [6, 6.07) is 0. The van der Waals surface area contributed by atoms with Crippen LogP contribution in [-0.2, 0) is 0 Å². The zero-order valence-corrected chi connectivity index (χ0v) is 10.6. The van der Waals surface area contributed by atoms with Gasteiger partial charge in [-0.3, -0.25) is 0 Å². The van der Waals surface area contributed by atoms with Crippen LogP contribution in [0.15, 0.2) is 0 Å². The first-order chi connectivity index (χ1) is 6.50. The van der Waals surface area contributed by atoms with Crippen molar-refractivity contribution in [3.63, 3.8) is 0 Å². The SMILES string of the molecule is CC(C)[B]C1CCC(C(C)C)CC1C. The third-order valence-corrected chi connectivity index (χ3v) is 3.85. The van der Waals surface area contributed by atoms with E-state index in [-0.39, 0.29) is 0 Å². The molecule has 1 aliphatic carbocycles. The summed E-state index contributed by atoms with van der Waals surface area (Å²) in [5.41, 5.74) is 0. The van der Waals surface area contributed by atoms with Gasteiger partial charge in [0.15, 0.2) is 0 Å². The van der Waals surface area contributed by atoms with Crippen LogP contribution in [0.2, 0.25) is 11.6 Å². The lowest BCUT2D eigenvalue weighted by Crippen LogP contribution is -2.26. The van der Waals surface area contributed by atoms with Gasteiger partial charge < -0.3 is 0 Å². The predicted molar refractivity (Wildman–Crippen MR) is 65.9 cm³/mol. The highest BCUT2D eigenvalue weighted by Gasteiger charge is 2.29. The van der Waals surface area contributed by atoms with Crippen molar-refractivity contribution >= 4 is 7.28 Å². The third-order valence-electron chi connectivity index (χ3n) is 3.85. The molecule has 0 aromatic carbocycles. The largest absolute Gasteiger partial charge is 0.117 e. The molecular weight excluding hydrogens is 167 g/mol. The molecule has 0 saturated heterocycles. The standard InChI is InChI=1S/C13H26B/c1-9(2)12-6-7-13(11(5)8-12)14-10(3)4/h9-13H,6-8H2,1-5H3. The van der Waals surface area contributed by atoms with E-state index in [0.717, 1.165) is 29.4 Å². The third kappa shape index (κ3) is 3.33. The Balaban J connectivity index is 2.39. The van der Waals surface area contributed by atoms with E-state index in [1.807, 2.05) is 0 Å². The quantitative estimate of drug-likeness (QED) is 0.582. The molecule has 1 rings (SSSR count). The van der Waals surface area contributed by atoms with Crippen molar-refractivity contribution in [3.8, 4) is 0 Å². The normalized spacial score (nSPS) is 33.8. The van der Waals surface area contributed by atoms with Gasteiger partial charge in [0, 0.05) is 0 Å². The molecule has 0 amide bonds. The van der Waals surface area contributed by atoms with Crippen molar-refractivity contribution in [3.05, 3.63) is 0 Å². The molecule has 1 fully saturated rings. The van der Waals surface area contributed by atoms with E-state index in [0.29, 0.717) is 0 Å². The van der Waals surface area contributed by atoms with Gasteiger partial charge in [-0.15, -0.1) is 0 Å². The first kappa shape index (κ1) is 12.1. The van der Waals surface area contributed by atoms with Crippen LogP contribution in [-0.4, -0.2) is 7.28 Å². The molecule has 0 heterocycles. The van der Waals surface area contributed by atoms with E-state index < -0.39 is 0 Å². The molecule has 1 heteroatoms. The van der Waals surface area contributed by atoms with E-state index in [4.69, 9.17) is 0 Å². The Morgan fingerprint density at radius 1 is 1.07 bits per heavy atom. The maximum atomic E-state index is 2.57. The maximum Gasteiger partial charge on any atom is 0.117 e. The van der Waals surface area contributed by atoms with Crippen LogP contribution >= 0.6 is 0 Å². The fourth-order valence-corrected chi connectivity index (χ4v) is 2.85. The van der Waals surface area contributed by atoms with E-state index in [2.05, 4.69) is 41.9 Å². The van der Waals surface area contributed by atoms with Gasteiger partial charge in [0.05, 0.1) is 0 Å². The number of hydrogen-bond acceptors (Lipinski definition) is 0. The minimum Gasteiger partial charge on any atom is -0.0741 e. The second-order valence-corrected chi connectivity index (χ2v) is 5.89. The summed E-state index contributed by atoms with van der Waals surface area (Å²) in [6.45, 7) is 11.8. The Morgan fingerprint density at radius 3 is 2.14 bits per heavy atom. The Labute approximate surface area is 91.1 Å². The molecule has 0 spiro atoms. The summed E-state index contributed by atoms with van der Waals surface area (Å²) in [5.74, 6) is 4.45. The Hall–Kier alpha value is 0.0649. The van der Waals surface area contributed by atoms with E-state index in [1.54, 1.807) is 0 Å². The molecule has 14 heavy (non-hydrogen) atoms. The molecule has 0 N–H and O–H groups in total. The summed E-state index contributed by atoms with van der Waals surface area (Å²) in [6.07, 6.45) is 4.34. The monoisotopic (exact) mass is 193 g/mol. The van der Waals surface area contributed by atoms with Crippen molar-refractivity contribution in [2.45, 2.75) is 65.5 Å². The fraction of sp³-hybridized carbons (Fsp3) is 1.00.